The van der Waals surface area contributed by atoms with Crippen LogP contribution in [0.15, 0.2) is 24.3 Å². The first-order valence-electron chi connectivity index (χ1n) is 6.62. The summed E-state index contributed by atoms with van der Waals surface area (Å²) in [6.45, 7) is 6.19. The Bertz CT molecular complexity index is 411. The van der Waals surface area contributed by atoms with Gasteiger partial charge in [-0.1, -0.05) is 19.1 Å². The van der Waals surface area contributed by atoms with Crippen LogP contribution in [0.5, 0.6) is 5.75 Å². The average Bonchev–Trinajstić information content (AvgIpc) is 2.46. The number of methoxy groups -OCH3 is 1. The minimum Gasteiger partial charge on any atom is -0.497 e. The molecule has 0 aliphatic heterocycles. The van der Waals surface area contributed by atoms with E-state index < -0.39 is 5.41 Å². The first-order valence-corrected chi connectivity index (χ1v) is 6.62. The van der Waals surface area contributed by atoms with Gasteiger partial charge in [-0.2, -0.15) is 0 Å². The molecule has 1 aromatic rings. The van der Waals surface area contributed by atoms with Gasteiger partial charge in [0.25, 0.3) is 0 Å². The van der Waals surface area contributed by atoms with E-state index in [2.05, 4.69) is 5.32 Å². The molecule has 1 amide bonds. The quantitative estimate of drug-likeness (QED) is 0.828. The average molecular weight is 264 g/mol. The van der Waals surface area contributed by atoms with Gasteiger partial charge in [-0.25, -0.2) is 0 Å². The maximum atomic E-state index is 12.2. The number of nitrogens with one attached hydrogen (secondary N) is 1. The fourth-order valence-corrected chi connectivity index (χ4v) is 1.74. The number of benzene rings is 1. The topological polar surface area (TPSA) is 64.4 Å². The molecule has 0 fully saturated rings. The van der Waals surface area contributed by atoms with Gasteiger partial charge >= 0.3 is 0 Å². The molecule has 2 atom stereocenters. The Labute approximate surface area is 115 Å². The summed E-state index contributed by atoms with van der Waals surface area (Å²) >= 11 is 0. The fraction of sp³-hybridized carbons (Fsp3) is 0.533. The molecule has 0 radical (unpaired) electrons. The number of hydrogen-bond donors (Lipinski definition) is 2. The summed E-state index contributed by atoms with van der Waals surface area (Å²) < 4.78 is 5.12. The zero-order valence-electron chi connectivity index (χ0n) is 12.2. The van der Waals surface area contributed by atoms with E-state index in [1.807, 2.05) is 45.0 Å². The molecule has 0 saturated carbocycles. The van der Waals surface area contributed by atoms with Gasteiger partial charge in [0.1, 0.15) is 5.75 Å². The maximum absolute atomic E-state index is 12.2. The number of rotatable bonds is 6. The third-order valence-electron chi connectivity index (χ3n) is 3.74. The monoisotopic (exact) mass is 264 g/mol. The van der Waals surface area contributed by atoms with E-state index in [4.69, 9.17) is 10.5 Å². The van der Waals surface area contributed by atoms with Gasteiger partial charge in [0.2, 0.25) is 5.91 Å². The molecular formula is C15H24N2O2. The number of hydrogen-bond acceptors (Lipinski definition) is 3. The first-order chi connectivity index (χ1) is 8.96. The summed E-state index contributed by atoms with van der Waals surface area (Å²) in [5.74, 6) is 0.809. The van der Waals surface area contributed by atoms with Crippen molar-refractivity contribution in [2.24, 2.45) is 11.1 Å². The maximum Gasteiger partial charge on any atom is 0.227 e. The van der Waals surface area contributed by atoms with E-state index in [1.54, 1.807) is 7.11 Å². The smallest absolute Gasteiger partial charge is 0.227 e. The van der Waals surface area contributed by atoms with Gasteiger partial charge in [0.05, 0.1) is 18.6 Å². The lowest BCUT2D eigenvalue weighted by molar-refractivity contribution is -0.130. The van der Waals surface area contributed by atoms with E-state index in [0.717, 1.165) is 17.7 Å². The predicted octanol–water partition coefficient (Wildman–Crippen LogP) is 2.25. The third-order valence-corrected chi connectivity index (χ3v) is 3.74. The summed E-state index contributed by atoms with van der Waals surface area (Å²) in [5, 5.41) is 3.02. The summed E-state index contributed by atoms with van der Waals surface area (Å²) in [4.78, 5) is 12.2. The molecule has 3 N–H and O–H groups in total. The van der Waals surface area contributed by atoms with Crippen LogP contribution < -0.4 is 15.8 Å². The van der Waals surface area contributed by atoms with Crippen molar-refractivity contribution in [2.45, 2.75) is 33.2 Å². The Balaban J connectivity index is 2.73. The van der Waals surface area contributed by atoms with Crippen LogP contribution >= 0.6 is 0 Å². The third kappa shape index (κ3) is 3.70. The Hall–Kier alpha value is -1.55. The zero-order valence-corrected chi connectivity index (χ0v) is 12.2. The molecule has 1 aromatic carbocycles. The summed E-state index contributed by atoms with van der Waals surface area (Å²) in [5.41, 5.74) is 6.24. The SMILES string of the molecule is CCC(C)(CN)C(=O)N[C@@H](C)c1ccc(OC)cc1. The highest BCUT2D eigenvalue weighted by atomic mass is 16.5. The highest BCUT2D eigenvalue weighted by Crippen LogP contribution is 2.22. The lowest BCUT2D eigenvalue weighted by Gasteiger charge is -2.27. The number of carbonyl (C=O) groups excluding carboxylic acids is 1. The van der Waals surface area contributed by atoms with E-state index in [1.165, 1.54) is 0 Å². The van der Waals surface area contributed by atoms with Crippen LogP contribution in [0, 0.1) is 5.41 Å². The summed E-state index contributed by atoms with van der Waals surface area (Å²) in [6, 6.07) is 7.64. The molecular weight excluding hydrogens is 240 g/mol. The molecule has 0 aliphatic carbocycles. The molecule has 106 valence electrons. The minimum absolute atomic E-state index is 0.000757. The van der Waals surface area contributed by atoms with E-state index in [0.29, 0.717) is 6.54 Å². The van der Waals surface area contributed by atoms with Gasteiger partial charge in [-0.15, -0.1) is 0 Å². The van der Waals surface area contributed by atoms with Gasteiger partial charge in [-0.3, -0.25) is 4.79 Å². The normalized spacial score (nSPS) is 15.4. The summed E-state index contributed by atoms with van der Waals surface area (Å²) in [7, 11) is 1.63. The standard InChI is InChI=1S/C15H24N2O2/c1-5-15(3,10-16)14(18)17-11(2)12-6-8-13(19-4)9-7-12/h6-9,11H,5,10,16H2,1-4H3,(H,17,18)/t11-,15?/m0/s1. The van der Waals surface area contributed by atoms with Gasteiger partial charge in [0, 0.05) is 6.54 Å². The van der Waals surface area contributed by atoms with Gasteiger partial charge in [-0.05, 0) is 38.0 Å². The van der Waals surface area contributed by atoms with Crippen molar-refractivity contribution in [3.05, 3.63) is 29.8 Å². The lowest BCUT2D eigenvalue weighted by Crippen LogP contribution is -2.44. The number of carbonyl (C=O) groups is 1. The Morgan fingerprint density at radius 3 is 2.42 bits per heavy atom. The van der Waals surface area contributed by atoms with Gasteiger partial charge in [0.15, 0.2) is 0 Å². The van der Waals surface area contributed by atoms with Crippen LogP contribution in [0.1, 0.15) is 38.8 Å². The molecule has 0 heterocycles. The van der Waals surface area contributed by atoms with Crippen molar-refractivity contribution in [1.82, 2.24) is 5.32 Å². The van der Waals surface area contributed by atoms with Crippen LogP contribution in [-0.4, -0.2) is 19.6 Å². The molecule has 1 unspecified atom stereocenters. The fourth-order valence-electron chi connectivity index (χ4n) is 1.74. The Morgan fingerprint density at radius 1 is 1.42 bits per heavy atom. The predicted molar refractivity (Wildman–Crippen MR) is 77.0 cm³/mol. The lowest BCUT2D eigenvalue weighted by atomic mass is 9.86. The van der Waals surface area contributed by atoms with Crippen molar-refractivity contribution < 1.29 is 9.53 Å². The largest absolute Gasteiger partial charge is 0.497 e. The van der Waals surface area contributed by atoms with Crippen molar-refractivity contribution >= 4 is 5.91 Å². The second-order valence-electron chi connectivity index (χ2n) is 5.09. The molecule has 19 heavy (non-hydrogen) atoms. The summed E-state index contributed by atoms with van der Waals surface area (Å²) in [6.07, 6.45) is 0.727. The molecule has 0 aromatic heterocycles. The molecule has 4 heteroatoms. The van der Waals surface area contributed by atoms with Crippen LogP contribution in [0.3, 0.4) is 0 Å². The van der Waals surface area contributed by atoms with Gasteiger partial charge < -0.3 is 15.8 Å². The Kier molecular flexibility index (Phi) is 5.36. The van der Waals surface area contributed by atoms with Crippen LogP contribution in [0.25, 0.3) is 0 Å². The molecule has 1 rings (SSSR count). The van der Waals surface area contributed by atoms with E-state index in [9.17, 15) is 4.79 Å². The minimum atomic E-state index is -0.499. The number of amides is 1. The molecule has 0 saturated heterocycles. The first kappa shape index (κ1) is 15.5. The van der Waals surface area contributed by atoms with Crippen molar-refractivity contribution in [3.63, 3.8) is 0 Å². The molecule has 4 nitrogen and oxygen atoms in total. The van der Waals surface area contributed by atoms with Crippen molar-refractivity contribution in [1.29, 1.82) is 0 Å². The highest BCUT2D eigenvalue weighted by molar-refractivity contribution is 5.82. The molecule has 0 aliphatic rings. The van der Waals surface area contributed by atoms with E-state index in [-0.39, 0.29) is 11.9 Å². The Morgan fingerprint density at radius 2 is 2.00 bits per heavy atom. The molecule has 0 bridgehead atoms. The van der Waals surface area contributed by atoms with Crippen LogP contribution in [-0.2, 0) is 4.79 Å². The number of nitrogens with two attached hydrogens (primary N) is 1. The van der Waals surface area contributed by atoms with E-state index >= 15 is 0 Å². The van der Waals surface area contributed by atoms with Crippen molar-refractivity contribution in [2.75, 3.05) is 13.7 Å². The second-order valence-corrected chi connectivity index (χ2v) is 5.09. The van der Waals surface area contributed by atoms with Crippen LogP contribution in [0.2, 0.25) is 0 Å². The van der Waals surface area contributed by atoms with Crippen molar-refractivity contribution in [3.8, 4) is 5.75 Å². The highest BCUT2D eigenvalue weighted by Gasteiger charge is 2.30. The second kappa shape index (κ2) is 6.57. The molecule has 0 spiro atoms. The number of ether oxygens (including phenoxy) is 1. The van der Waals surface area contributed by atoms with Crippen LogP contribution in [0.4, 0.5) is 0 Å². The zero-order chi connectivity index (χ0) is 14.5.